The average molecular weight is 407 g/mol. The van der Waals surface area contributed by atoms with E-state index in [1.807, 2.05) is 28.0 Å². The molecule has 6 heteroatoms. The molecule has 2 aromatic rings. The summed E-state index contributed by atoms with van der Waals surface area (Å²) in [5.41, 5.74) is 2.77. The second kappa shape index (κ2) is 8.25. The Labute approximate surface area is 177 Å². The van der Waals surface area contributed by atoms with Crippen LogP contribution in [0.25, 0.3) is 11.4 Å². The summed E-state index contributed by atoms with van der Waals surface area (Å²) in [5, 5.41) is 0. The lowest BCUT2D eigenvalue weighted by Crippen LogP contribution is -2.52. The molecule has 1 aromatic heterocycles. The molecule has 2 fully saturated rings. The van der Waals surface area contributed by atoms with Crippen LogP contribution in [0.1, 0.15) is 54.7 Å². The Morgan fingerprint density at radius 1 is 0.833 bits per heavy atom. The van der Waals surface area contributed by atoms with Gasteiger partial charge in [-0.2, -0.15) is 0 Å². The van der Waals surface area contributed by atoms with E-state index in [1.165, 1.54) is 12.8 Å². The number of imidazole rings is 1. The van der Waals surface area contributed by atoms with Crippen LogP contribution < -0.4 is 0 Å². The van der Waals surface area contributed by atoms with Crippen molar-refractivity contribution in [2.75, 3.05) is 26.2 Å². The van der Waals surface area contributed by atoms with E-state index in [4.69, 9.17) is 4.98 Å². The Balaban J connectivity index is 1.37. The zero-order valence-electron chi connectivity index (χ0n) is 17.6. The number of piperazine rings is 1. The molecule has 3 heterocycles. The van der Waals surface area contributed by atoms with Crippen molar-refractivity contribution in [3.05, 3.63) is 41.7 Å². The van der Waals surface area contributed by atoms with Gasteiger partial charge in [0.2, 0.25) is 5.91 Å². The molecular formula is C24H30N4O2. The molecule has 0 N–H and O–H groups in total. The molecule has 0 bridgehead atoms. The first-order valence-electron chi connectivity index (χ1n) is 11.5. The van der Waals surface area contributed by atoms with Gasteiger partial charge in [-0.15, -0.1) is 0 Å². The van der Waals surface area contributed by atoms with E-state index in [-0.39, 0.29) is 17.7 Å². The number of hydrogen-bond donors (Lipinski definition) is 0. The highest BCUT2D eigenvalue weighted by Crippen LogP contribution is 2.30. The number of nitrogens with zero attached hydrogens (tertiary/aromatic N) is 4. The van der Waals surface area contributed by atoms with Crippen LogP contribution in [0.5, 0.6) is 0 Å². The normalized spacial score (nSPS) is 19.7. The van der Waals surface area contributed by atoms with Gasteiger partial charge in [0.25, 0.3) is 5.91 Å². The SMILES string of the molecule is O=C(c1nc(-c2ccccc2)n2c1CCCCC2)N1CCN(C(=O)C2CCC2)CC1. The van der Waals surface area contributed by atoms with E-state index >= 15 is 0 Å². The lowest BCUT2D eigenvalue weighted by Gasteiger charge is -2.38. The van der Waals surface area contributed by atoms with Crippen LogP contribution in [-0.2, 0) is 17.8 Å². The molecular weight excluding hydrogens is 376 g/mol. The second-order valence-corrected chi connectivity index (χ2v) is 8.80. The summed E-state index contributed by atoms with van der Waals surface area (Å²) in [6.45, 7) is 3.41. The summed E-state index contributed by atoms with van der Waals surface area (Å²) >= 11 is 0. The molecule has 1 aromatic carbocycles. The van der Waals surface area contributed by atoms with Crippen molar-refractivity contribution in [3.8, 4) is 11.4 Å². The van der Waals surface area contributed by atoms with E-state index in [2.05, 4.69) is 16.7 Å². The van der Waals surface area contributed by atoms with Gasteiger partial charge in [0.15, 0.2) is 0 Å². The maximum atomic E-state index is 13.5. The number of benzene rings is 1. The van der Waals surface area contributed by atoms with E-state index in [1.54, 1.807) is 0 Å². The Morgan fingerprint density at radius 2 is 1.57 bits per heavy atom. The van der Waals surface area contributed by atoms with E-state index < -0.39 is 0 Å². The molecule has 0 atom stereocenters. The average Bonchev–Trinajstić information content (AvgIpc) is 2.93. The monoisotopic (exact) mass is 406 g/mol. The van der Waals surface area contributed by atoms with Crippen molar-refractivity contribution < 1.29 is 9.59 Å². The first kappa shape index (κ1) is 19.3. The highest BCUT2D eigenvalue weighted by Gasteiger charge is 2.34. The number of carbonyl (C=O) groups is 2. The predicted octanol–water partition coefficient (Wildman–Crippen LogP) is 3.36. The van der Waals surface area contributed by atoms with Crippen LogP contribution in [0.3, 0.4) is 0 Å². The van der Waals surface area contributed by atoms with Crippen molar-refractivity contribution >= 4 is 11.8 Å². The van der Waals surface area contributed by atoms with Gasteiger partial charge in [0, 0.05) is 44.2 Å². The summed E-state index contributed by atoms with van der Waals surface area (Å²) in [5.74, 6) is 1.45. The second-order valence-electron chi connectivity index (χ2n) is 8.80. The minimum absolute atomic E-state index is 0.0265. The summed E-state index contributed by atoms with van der Waals surface area (Å²) in [7, 11) is 0. The Kier molecular flexibility index (Phi) is 5.32. The first-order chi connectivity index (χ1) is 14.7. The number of hydrogen-bond acceptors (Lipinski definition) is 3. The molecule has 158 valence electrons. The quantitative estimate of drug-likeness (QED) is 0.785. The summed E-state index contributed by atoms with van der Waals surface area (Å²) < 4.78 is 2.27. The molecule has 30 heavy (non-hydrogen) atoms. The fraction of sp³-hybridized carbons (Fsp3) is 0.542. The Hall–Kier alpha value is -2.63. The van der Waals surface area contributed by atoms with Crippen molar-refractivity contribution in [1.29, 1.82) is 0 Å². The molecule has 1 aliphatic carbocycles. The highest BCUT2D eigenvalue weighted by atomic mass is 16.2. The minimum Gasteiger partial charge on any atom is -0.339 e. The molecule has 3 aliphatic rings. The Bertz CT molecular complexity index is 924. The molecule has 0 spiro atoms. The van der Waals surface area contributed by atoms with Crippen LogP contribution in [0.15, 0.2) is 30.3 Å². The summed E-state index contributed by atoms with van der Waals surface area (Å²) in [4.78, 5) is 34.7. The zero-order chi connectivity index (χ0) is 20.5. The lowest BCUT2D eigenvalue weighted by molar-refractivity contribution is -0.139. The van der Waals surface area contributed by atoms with Gasteiger partial charge >= 0.3 is 0 Å². The molecule has 0 radical (unpaired) electrons. The third-order valence-corrected chi connectivity index (χ3v) is 6.94. The number of amides is 2. The molecule has 2 amide bonds. The van der Waals surface area contributed by atoms with Gasteiger partial charge in [0.05, 0.1) is 5.69 Å². The van der Waals surface area contributed by atoms with Crippen LogP contribution in [-0.4, -0.2) is 57.3 Å². The largest absolute Gasteiger partial charge is 0.339 e. The van der Waals surface area contributed by atoms with Gasteiger partial charge in [-0.05, 0) is 32.1 Å². The zero-order valence-corrected chi connectivity index (χ0v) is 17.6. The van der Waals surface area contributed by atoms with E-state index in [0.29, 0.717) is 31.9 Å². The summed E-state index contributed by atoms with van der Waals surface area (Å²) in [6, 6.07) is 10.2. The number of carbonyl (C=O) groups excluding carboxylic acids is 2. The van der Waals surface area contributed by atoms with Crippen molar-refractivity contribution in [2.45, 2.75) is 51.5 Å². The maximum absolute atomic E-state index is 13.5. The van der Waals surface area contributed by atoms with Crippen LogP contribution in [0, 0.1) is 5.92 Å². The van der Waals surface area contributed by atoms with Gasteiger partial charge < -0.3 is 14.4 Å². The van der Waals surface area contributed by atoms with Crippen LogP contribution in [0.4, 0.5) is 0 Å². The van der Waals surface area contributed by atoms with Gasteiger partial charge in [0.1, 0.15) is 11.5 Å². The summed E-state index contributed by atoms with van der Waals surface area (Å²) in [6.07, 6.45) is 7.54. The lowest BCUT2D eigenvalue weighted by atomic mass is 9.84. The minimum atomic E-state index is 0.0265. The molecule has 6 nitrogen and oxygen atoms in total. The van der Waals surface area contributed by atoms with Crippen LogP contribution in [0.2, 0.25) is 0 Å². The molecule has 2 aliphatic heterocycles. The van der Waals surface area contributed by atoms with Crippen molar-refractivity contribution in [2.24, 2.45) is 5.92 Å². The third-order valence-electron chi connectivity index (χ3n) is 6.94. The Morgan fingerprint density at radius 3 is 2.27 bits per heavy atom. The first-order valence-corrected chi connectivity index (χ1v) is 11.5. The standard InChI is InChI=1S/C24H30N4O2/c29-23(19-10-7-11-19)26-14-16-27(17-15-26)24(30)21-20-12-5-2-6-13-28(20)22(25-21)18-8-3-1-4-9-18/h1,3-4,8-9,19H,2,5-7,10-17H2. The van der Waals surface area contributed by atoms with Crippen LogP contribution >= 0.6 is 0 Å². The smallest absolute Gasteiger partial charge is 0.274 e. The third kappa shape index (κ3) is 3.53. The topological polar surface area (TPSA) is 58.4 Å². The van der Waals surface area contributed by atoms with Gasteiger partial charge in [-0.1, -0.05) is 43.2 Å². The van der Waals surface area contributed by atoms with Crippen molar-refractivity contribution in [1.82, 2.24) is 19.4 Å². The molecule has 1 saturated heterocycles. The molecule has 0 unspecified atom stereocenters. The van der Waals surface area contributed by atoms with Crippen molar-refractivity contribution in [3.63, 3.8) is 0 Å². The van der Waals surface area contributed by atoms with E-state index in [0.717, 1.165) is 55.7 Å². The molecule has 1 saturated carbocycles. The maximum Gasteiger partial charge on any atom is 0.274 e. The number of aromatic nitrogens is 2. The van der Waals surface area contributed by atoms with Gasteiger partial charge in [-0.25, -0.2) is 4.98 Å². The highest BCUT2D eigenvalue weighted by molar-refractivity contribution is 5.94. The van der Waals surface area contributed by atoms with Gasteiger partial charge in [-0.3, -0.25) is 9.59 Å². The number of rotatable bonds is 3. The number of fused-ring (bicyclic) bond motifs is 1. The predicted molar refractivity (Wildman–Crippen MR) is 115 cm³/mol. The van der Waals surface area contributed by atoms with E-state index in [9.17, 15) is 9.59 Å². The molecule has 5 rings (SSSR count). The fourth-order valence-electron chi connectivity index (χ4n) is 4.89. The fourth-order valence-corrected chi connectivity index (χ4v) is 4.89.